The molecule has 0 aliphatic heterocycles. The van der Waals surface area contributed by atoms with Gasteiger partial charge in [-0.05, 0) is 86.5 Å². The lowest BCUT2D eigenvalue weighted by atomic mass is 10.2. The summed E-state index contributed by atoms with van der Waals surface area (Å²) < 4.78 is 59.2. The van der Waals surface area contributed by atoms with Gasteiger partial charge in [-0.3, -0.25) is 13.8 Å². The Morgan fingerprint density at radius 2 is 1.58 bits per heavy atom. The van der Waals surface area contributed by atoms with Crippen LogP contribution in [0.4, 0.5) is 17.1 Å². The number of amides is 1. The number of ether oxygens (including phenoxy) is 1. The van der Waals surface area contributed by atoms with Gasteiger partial charge in [-0.2, -0.15) is 0 Å². The summed E-state index contributed by atoms with van der Waals surface area (Å²) in [5.74, 6) is 0.309. The number of sulfonamides is 2. The third kappa shape index (κ3) is 8.11. The van der Waals surface area contributed by atoms with Crippen molar-refractivity contribution in [1.29, 1.82) is 0 Å². The van der Waals surface area contributed by atoms with E-state index in [0.717, 1.165) is 11.8 Å². The summed E-state index contributed by atoms with van der Waals surface area (Å²) in [6.45, 7) is 4.25. The third-order valence-corrected chi connectivity index (χ3v) is 8.28. The molecule has 0 aromatic heterocycles. The number of nitrogens with one attached hydrogen (secondary N) is 2. The Balaban J connectivity index is 1.57. The number of aryl methyl sites for hydroxylation is 1. The average Bonchev–Trinajstić information content (AvgIpc) is 2.84. The number of carbonyl (C=O) groups excluding carboxylic acids is 1. The number of rotatable bonds is 12. The number of halogens is 1. The number of benzene rings is 3. The van der Waals surface area contributed by atoms with Gasteiger partial charge in [0, 0.05) is 29.4 Å². The number of anilines is 3. The van der Waals surface area contributed by atoms with Crippen LogP contribution in [0.1, 0.15) is 25.3 Å². The summed E-state index contributed by atoms with van der Waals surface area (Å²) in [6, 6.07) is 17.3. The Labute approximate surface area is 228 Å². The Morgan fingerprint density at radius 3 is 2.18 bits per heavy atom. The molecule has 3 aromatic carbocycles. The van der Waals surface area contributed by atoms with Crippen molar-refractivity contribution in [1.82, 2.24) is 0 Å². The number of carbonyl (C=O) groups is 1. The van der Waals surface area contributed by atoms with Gasteiger partial charge >= 0.3 is 0 Å². The van der Waals surface area contributed by atoms with Crippen LogP contribution in [0.25, 0.3) is 0 Å². The maximum Gasteiger partial charge on any atom is 0.261 e. The van der Waals surface area contributed by atoms with Gasteiger partial charge in [-0.15, -0.1) is 0 Å². The fourth-order valence-electron chi connectivity index (χ4n) is 3.64. The van der Waals surface area contributed by atoms with Crippen molar-refractivity contribution < 1.29 is 26.4 Å². The van der Waals surface area contributed by atoms with E-state index in [0.29, 0.717) is 34.4 Å². The molecule has 3 rings (SSSR count). The molecule has 0 saturated carbocycles. The Bertz CT molecular complexity index is 1480. The molecule has 0 heterocycles. The summed E-state index contributed by atoms with van der Waals surface area (Å²) in [6.07, 6.45) is 1.43. The zero-order valence-corrected chi connectivity index (χ0v) is 23.7. The van der Waals surface area contributed by atoms with E-state index in [1.807, 2.05) is 6.92 Å². The van der Waals surface area contributed by atoms with Crippen molar-refractivity contribution in [2.75, 3.05) is 33.8 Å². The molecule has 3 aromatic rings. The summed E-state index contributed by atoms with van der Waals surface area (Å²) in [4.78, 5) is 12.5. The fourth-order valence-corrected chi connectivity index (χ4v) is 5.88. The van der Waals surface area contributed by atoms with E-state index in [1.54, 1.807) is 49.4 Å². The first-order valence-corrected chi connectivity index (χ1v) is 15.5. The highest BCUT2D eigenvalue weighted by atomic mass is 35.5. The van der Waals surface area contributed by atoms with Crippen LogP contribution in [-0.4, -0.2) is 42.2 Å². The van der Waals surface area contributed by atoms with Crippen molar-refractivity contribution >= 4 is 54.6 Å². The van der Waals surface area contributed by atoms with E-state index in [1.165, 1.54) is 28.6 Å². The second-order valence-electron chi connectivity index (χ2n) is 8.50. The molecule has 38 heavy (non-hydrogen) atoms. The van der Waals surface area contributed by atoms with E-state index in [-0.39, 0.29) is 30.2 Å². The van der Waals surface area contributed by atoms with E-state index in [4.69, 9.17) is 16.3 Å². The first kappa shape index (κ1) is 29.3. The van der Waals surface area contributed by atoms with Gasteiger partial charge in [0.2, 0.25) is 15.9 Å². The maximum absolute atomic E-state index is 12.7. The predicted octanol–water partition coefficient (Wildman–Crippen LogP) is 5.03. The molecule has 0 spiro atoms. The minimum atomic E-state index is -3.83. The average molecular weight is 580 g/mol. The van der Waals surface area contributed by atoms with Gasteiger partial charge in [-0.25, -0.2) is 16.8 Å². The van der Waals surface area contributed by atoms with Crippen LogP contribution in [0.2, 0.25) is 5.02 Å². The van der Waals surface area contributed by atoms with Crippen molar-refractivity contribution in [3.63, 3.8) is 0 Å². The molecule has 2 N–H and O–H groups in total. The molecule has 0 bridgehead atoms. The predicted molar refractivity (Wildman–Crippen MR) is 151 cm³/mol. The second kappa shape index (κ2) is 12.5. The van der Waals surface area contributed by atoms with Crippen LogP contribution >= 0.6 is 11.6 Å². The quantitative estimate of drug-likeness (QED) is 0.310. The summed E-state index contributed by atoms with van der Waals surface area (Å²) in [7, 11) is -7.42. The van der Waals surface area contributed by atoms with Gasteiger partial charge in [0.05, 0.1) is 23.4 Å². The minimum Gasteiger partial charge on any atom is -0.494 e. The minimum absolute atomic E-state index is 0.0325. The molecule has 204 valence electrons. The first-order valence-electron chi connectivity index (χ1n) is 11.8. The lowest BCUT2D eigenvalue weighted by molar-refractivity contribution is -0.116. The van der Waals surface area contributed by atoms with E-state index >= 15 is 0 Å². The van der Waals surface area contributed by atoms with Crippen LogP contribution in [0, 0.1) is 6.92 Å². The zero-order chi connectivity index (χ0) is 27.9. The van der Waals surface area contributed by atoms with E-state index < -0.39 is 20.0 Å². The van der Waals surface area contributed by atoms with Crippen LogP contribution in [0.5, 0.6) is 5.75 Å². The van der Waals surface area contributed by atoms with Crippen molar-refractivity contribution in [3.8, 4) is 5.75 Å². The van der Waals surface area contributed by atoms with E-state index in [9.17, 15) is 21.6 Å². The molecular formula is C26H30ClN3O6S2. The lowest BCUT2D eigenvalue weighted by Gasteiger charge is -2.24. The molecule has 0 unspecified atom stereocenters. The molecule has 0 fully saturated rings. The topological polar surface area (TPSA) is 122 Å². The Hall–Kier alpha value is -3.28. The second-order valence-corrected chi connectivity index (χ2v) is 12.5. The normalized spacial score (nSPS) is 11.6. The number of hydrogen-bond acceptors (Lipinski definition) is 6. The van der Waals surface area contributed by atoms with Crippen molar-refractivity contribution in [2.24, 2.45) is 0 Å². The van der Waals surface area contributed by atoms with Gasteiger partial charge in [0.25, 0.3) is 10.0 Å². The third-order valence-electron chi connectivity index (χ3n) is 5.47. The first-order chi connectivity index (χ1) is 17.9. The molecule has 0 radical (unpaired) electrons. The van der Waals surface area contributed by atoms with Crippen LogP contribution in [0.3, 0.4) is 0 Å². The highest BCUT2D eigenvalue weighted by molar-refractivity contribution is 7.92. The lowest BCUT2D eigenvalue weighted by Crippen LogP contribution is -2.32. The monoisotopic (exact) mass is 579 g/mol. The summed E-state index contributed by atoms with van der Waals surface area (Å²) in [5, 5.41) is 3.12. The van der Waals surface area contributed by atoms with Crippen molar-refractivity contribution in [2.45, 2.75) is 31.6 Å². The molecule has 0 aliphatic carbocycles. The van der Waals surface area contributed by atoms with Gasteiger partial charge in [0.1, 0.15) is 5.75 Å². The van der Waals surface area contributed by atoms with Crippen LogP contribution in [-0.2, 0) is 24.8 Å². The van der Waals surface area contributed by atoms with Gasteiger partial charge in [0.15, 0.2) is 0 Å². The molecule has 12 heteroatoms. The number of nitrogens with zero attached hydrogens (tertiary/aromatic N) is 1. The smallest absolute Gasteiger partial charge is 0.261 e. The highest BCUT2D eigenvalue weighted by Crippen LogP contribution is 2.27. The molecule has 0 atom stereocenters. The van der Waals surface area contributed by atoms with Gasteiger partial charge < -0.3 is 10.1 Å². The van der Waals surface area contributed by atoms with E-state index in [2.05, 4.69) is 10.0 Å². The molecule has 0 saturated heterocycles. The molecular weight excluding hydrogens is 550 g/mol. The Kier molecular flexibility index (Phi) is 9.64. The zero-order valence-electron chi connectivity index (χ0n) is 21.3. The fraction of sp³-hybridized carbons (Fsp3) is 0.269. The summed E-state index contributed by atoms with van der Waals surface area (Å²) >= 11 is 6.05. The highest BCUT2D eigenvalue weighted by Gasteiger charge is 2.20. The SMILES string of the molecule is CCOc1ccc(NS(=O)(=O)c2ccc(NC(=O)CCCN(c3cc(Cl)ccc3C)S(C)(=O)=O)cc2)cc1. The molecule has 9 nitrogen and oxygen atoms in total. The standard InChI is InChI=1S/C26H30ClN3O6S2/c1-4-36-23-13-9-22(10-14-23)29-38(34,35)24-15-11-21(12-16-24)28-26(31)6-5-17-30(37(3,32)33)25-18-20(27)8-7-19(25)2/h7-16,18,29H,4-6,17H2,1-3H3,(H,28,31). The Morgan fingerprint density at radius 1 is 0.947 bits per heavy atom. The largest absolute Gasteiger partial charge is 0.494 e. The van der Waals surface area contributed by atoms with Gasteiger partial charge in [-0.1, -0.05) is 17.7 Å². The van der Waals surface area contributed by atoms with Crippen molar-refractivity contribution in [3.05, 3.63) is 77.3 Å². The number of hydrogen-bond donors (Lipinski definition) is 2. The molecule has 1 amide bonds. The maximum atomic E-state index is 12.7. The van der Waals surface area contributed by atoms with Crippen LogP contribution < -0.4 is 19.1 Å². The molecule has 0 aliphatic rings. The van der Waals surface area contributed by atoms with Crippen LogP contribution in [0.15, 0.2) is 71.6 Å². The summed E-state index contributed by atoms with van der Waals surface area (Å²) in [5.41, 5.74) is 2.02.